The van der Waals surface area contributed by atoms with Crippen molar-refractivity contribution in [1.82, 2.24) is 9.21 Å². The summed E-state index contributed by atoms with van der Waals surface area (Å²) in [5.74, 6) is 0. The van der Waals surface area contributed by atoms with E-state index in [-0.39, 0.29) is 5.25 Å². The van der Waals surface area contributed by atoms with Crippen LogP contribution >= 0.6 is 0 Å². The summed E-state index contributed by atoms with van der Waals surface area (Å²) in [7, 11) is -3.13. The molecule has 7 heteroatoms. The van der Waals surface area contributed by atoms with Crippen LogP contribution in [0.25, 0.3) is 0 Å². The molecule has 2 heterocycles. The highest BCUT2D eigenvalue weighted by Crippen LogP contribution is 2.20. The fraction of sp³-hybridized carbons (Fsp3) is 1.00. The lowest BCUT2D eigenvalue weighted by atomic mass is 10.2. The van der Waals surface area contributed by atoms with E-state index < -0.39 is 10.0 Å². The van der Waals surface area contributed by atoms with Gasteiger partial charge in [-0.05, 0) is 12.8 Å². The van der Waals surface area contributed by atoms with Crippen molar-refractivity contribution in [3.63, 3.8) is 0 Å². The molecule has 2 rings (SSSR count). The van der Waals surface area contributed by atoms with Gasteiger partial charge in [0.25, 0.3) is 0 Å². The van der Waals surface area contributed by atoms with E-state index in [0.29, 0.717) is 45.7 Å². The third-order valence-electron chi connectivity index (χ3n) is 3.73. The van der Waals surface area contributed by atoms with Gasteiger partial charge in [0.2, 0.25) is 10.0 Å². The van der Waals surface area contributed by atoms with Gasteiger partial charge < -0.3 is 10.5 Å². The Balaban J connectivity index is 1.91. The average molecular weight is 277 g/mol. The molecular formula is C11H23N3O3S. The molecule has 2 aliphatic rings. The molecule has 0 aromatic rings. The third-order valence-corrected chi connectivity index (χ3v) is 6.12. The number of rotatable bonds is 4. The van der Waals surface area contributed by atoms with E-state index in [1.165, 1.54) is 0 Å². The number of hydrogen-bond donors (Lipinski definition) is 1. The highest BCUT2D eigenvalue weighted by molar-refractivity contribution is 7.89. The summed E-state index contributed by atoms with van der Waals surface area (Å²) >= 11 is 0. The first-order valence-corrected chi connectivity index (χ1v) is 8.14. The van der Waals surface area contributed by atoms with Gasteiger partial charge in [-0.25, -0.2) is 8.42 Å². The molecule has 2 aliphatic heterocycles. The van der Waals surface area contributed by atoms with Crippen molar-refractivity contribution < 1.29 is 13.2 Å². The fourth-order valence-corrected chi connectivity index (χ4v) is 4.46. The van der Waals surface area contributed by atoms with Gasteiger partial charge in [0, 0.05) is 52.5 Å². The van der Waals surface area contributed by atoms with Crippen LogP contribution in [-0.2, 0) is 14.8 Å². The number of ether oxygens (including phenoxy) is 1. The van der Waals surface area contributed by atoms with Crippen molar-refractivity contribution in [2.45, 2.75) is 18.1 Å². The Morgan fingerprint density at radius 1 is 1.11 bits per heavy atom. The summed E-state index contributed by atoms with van der Waals surface area (Å²) < 4.78 is 31.7. The maximum absolute atomic E-state index is 12.4. The molecule has 18 heavy (non-hydrogen) atoms. The van der Waals surface area contributed by atoms with Crippen LogP contribution in [0.3, 0.4) is 0 Å². The van der Waals surface area contributed by atoms with Crippen molar-refractivity contribution in [3.05, 3.63) is 0 Å². The number of hydrogen-bond acceptors (Lipinski definition) is 5. The first kappa shape index (κ1) is 14.2. The lowest BCUT2D eigenvalue weighted by Gasteiger charge is -2.36. The van der Waals surface area contributed by atoms with Gasteiger partial charge in [0.15, 0.2) is 0 Å². The normalized spacial score (nSPS) is 25.4. The molecule has 0 aliphatic carbocycles. The van der Waals surface area contributed by atoms with Gasteiger partial charge in [-0.1, -0.05) is 0 Å². The predicted molar refractivity (Wildman–Crippen MR) is 69.8 cm³/mol. The van der Waals surface area contributed by atoms with Gasteiger partial charge >= 0.3 is 0 Å². The highest BCUT2D eigenvalue weighted by Gasteiger charge is 2.34. The zero-order chi connectivity index (χ0) is 13.0. The Morgan fingerprint density at radius 2 is 1.72 bits per heavy atom. The van der Waals surface area contributed by atoms with Crippen molar-refractivity contribution in [2.75, 3.05) is 52.5 Å². The molecule has 6 nitrogen and oxygen atoms in total. The third kappa shape index (κ3) is 3.21. The monoisotopic (exact) mass is 277 g/mol. The molecule has 0 radical (unpaired) electrons. The lowest BCUT2D eigenvalue weighted by Crippen LogP contribution is -2.52. The minimum Gasteiger partial charge on any atom is -0.381 e. The van der Waals surface area contributed by atoms with Crippen LogP contribution in [0.2, 0.25) is 0 Å². The van der Waals surface area contributed by atoms with Gasteiger partial charge in [0.1, 0.15) is 0 Å². The molecule has 0 atom stereocenters. The number of nitrogens with zero attached hydrogens (tertiary/aromatic N) is 2. The first-order chi connectivity index (χ1) is 8.64. The number of sulfonamides is 1. The minimum absolute atomic E-state index is 0.243. The first-order valence-electron chi connectivity index (χ1n) is 6.63. The smallest absolute Gasteiger partial charge is 0.217 e. The second-order valence-corrected chi connectivity index (χ2v) is 7.10. The van der Waals surface area contributed by atoms with Crippen molar-refractivity contribution in [1.29, 1.82) is 0 Å². The van der Waals surface area contributed by atoms with E-state index in [1.807, 2.05) is 0 Å². The van der Waals surface area contributed by atoms with Crippen LogP contribution in [0.1, 0.15) is 12.8 Å². The van der Waals surface area contributed by atoms with Crippen LogP contribution in [0.15, 0.2) is 0 Å². The van der Waals surface area contributed by atoms with Crippen molar-refractivity contribution in [2.24, 2.45) is 5.73 Å². The summed E-state index contributed by atoms with van der Waals surface area (Å²) in [5, 5.41) is -0.243. The van der Waals surface area contributed by atoms with Crippen LogP contribution in [0.4, 0.5) is 0 Å². The molecule has 0 spiro atoms. The second kappa shape index (κ2) is 6.29. The van der Waals surface area contributed by atoms with E-state index in [0.717, 1.165) is 19.6 Å². The van der Waals surface area contributed by atoms with Crippen LogP contribution in [-0.4, -0.2) is 75.4 Å². The largest absolute Gasteiger partial charge is 0.381 e. The molecule has 106 valence electrons. The predicted octanol–water partition coefficient (Wildman–Crippen LogP) is -0.928. The summed E-state index contributed by atoms with van der Waals surface area (Å²) in [6.07, 6.45) is 1.26. The Hall–Kier alpha value is -0.210. The zero-order valence-electron chi connectivity index (χ0n) is 10.8. The number of nitrogens with two attached hydrogens (primary N) is 1. The van der Waals surface area contributed by atoms with E-state index in [2.05, 4.69) is 4.90 Å². The summed E-state index contributed by atoms with van der Waals surface area (Å²) in [6, 6.07) is 0. The average Bonchev–Trinajstić information content (AvgIpc) is 2.41. The zero-order valence-corrected chi connectivity index (χ0v) is 11.6. The van der Waals surface area contributed by atoms with E-state index >= 15 is 0 Å². The van der Waals surface area contributed by atoms with Gasteiger partial charge in [-0.3, -0.25) is 4.90 Å². The Labute approximate surface area is 109 Å². The van der Waals surface area contributed by atoms with Crippen LogP contribution in [0.5, 0.6) is 0 Å². The number of piperazine rings is 1. The summed E-state index contributed by atoms with van der Waals surface area (Å²) in [5.41, 5.74) is 5.51. The van der Waals surface area contributed by atoms with E-state index in [1.54, 1.807) is 4.31 Å². The molecule has 0 bridgehead atoms. The minimum atomic E-state index is -3.13. The van der Waals surface area contributed by atoms with Crippen LogP contribution < -0.4 is 5.73 Å². The highest BCUT2D eigenvalue weighted by atomic mass is 32.2. The van der Waals surface area contributed by atoms with Crippen LogP contribution in [0, 0.1) is 0 Å². The molecule has 2 fully saturated rings. The summed E-state index contributed by atoms with van der Waals surface area (Å²) in [6.45, 7) is 5.39. The molecule has 2 saturated heterocycles. The molecular weight excluding hydrogens is 254 g/mol. The maximum Gasteiger partial charge on any atom is 0.217 e. The van der Waals surface area contributed by atoms with Crippen molar-refractivity contribution >= 4 is 10.0 Å². The Bertz CT molecular complexity index is 347. The second-order valence-electron chi connectivity index (χ2n) is 4.89. The van der Waals surface area contributed by atoms with Gasteiger partial charge in [-0.15, -0.1) is 0 Å². The SMILES string of the molecule is NCCN1CCN(S(=O)(=O)C2CCOCC2)CC1. The standard InChI is InChI=1S/C11H23N3O3S/c12-3-4-13-5-7-14(8-6-13)18(15,16)11-1-9-17-10-2-11/h11H,1-10,12H2. The molecule has 0 amide bonds. The maximum atomic E-state index is 12.4. The Morgan fingerprint density at radius 3 is 2.28 bits per heavy atom. The Kier molecular flexibility index (Phi) is 4.97. The van der Waals surface area contributed by atoms with E-state index in [4.69, 9.17) is 10.5 Å². The molecule has 0 aromatic carbocycles. The fourth-order valence-electron chi connectivity index (χ4n) is 2.57. The van der Waals surface area contributed by atoms with E-state index in [9.17, 15) is 8.42 Å². The van der Waals surface area contributed by atoms with Gasteiger partial charge in [0.05, 0.1) is 5.25 Å². The molecule has 2 N–H and O–H groups in total. The summed E-state index contributed by atoms with van der Waals surface area (Å²) in [4.78, 5) is 2.22. The van der Waals surface area contributed by atoms with Gasteiger partial charge in [-0.2, -0.15) is 4.31 Å². The quantitative estimate of drug-likeness (QED) is 0.718. The topological polar surface area (TPSA) is 75.9 Å². The molecule has 0 aromatic heterocycles. The molecule has 0 unspecified atom stereocenters. The molecule has 0 saturated carbocycles. The lowest BCUT2D eigenvalue weighted by molar-refractivity contribution is 0.0963. The van der Waals surface area contributed by atoms with Crippen molar-refractivity contribution in [3.8, 4) is 0 Å².